The van der Waals surface area contributed by atoms with Crippen molar-refractivity contribution in [2.24, 2.45) is 0 Å². The summed E-state index contributed by atoms with van der Waals surface area (Å²) in [6.45, 7) is 2.01. The Morgan fingerprint density at radius 1 is 1.24 bits per heavy atom. The number of esters is 1. The molecule has 0 saturated carbocycles. The predicted molar refractivity (Wildman–Crippen MR) is 95.6 cm³/mol. The van der Waals surface area contributed by atoms with Gasteiger partial charge in [0, 0.05) is 6.20 Å². The van der Waals surface area contributed by atoms with Crippen molar-refractivity contribution in [3.63, 3.8) is 0 Å². The summed E-state index contributed by atoms with van der Waals surface area (Å²) in [6, 6.07) is 10.4. The van der Waals surface area contributed by atoms with Crippen molar-refractivity contribution in [3.05, 3.63) is 48.2 Å². The highest BCUT2D eigenvalue weighted by Gasteiger charge is 2.14. The molecule has 0 spiro atoms. The number of aromatic nitrogens is 3. The van der Waals surface area contributed by atoms with Crippen molar-refractivity contribution < 1.29 is 14.3 Å². The van der Waals surface area contributed by atoms with Gasteiger partial charge in [-0.15, -0.1) is 0 Å². The Morgan fingerprint density at radius 3 is 2.88 bits per heavy atom. The second-order valence-electron chi connectivity index (χ2n) is 5.02. The molecule has 0 atom stereocenters. The number of anilines is 1. The van der Waals surface area contributed by atoms with Crippen LogP contribution in [-0.2, 0) is 9.53 Å². The standard InChI is InChI=1S/C17H16N4O3S/c1-2-24-16(23)11-6-3-4-7-12(11)19-14(22)10-25-17-20-13-8-5-9-18-15(13)21-17/h3-9H,2,10H2,1H3,(H,19,22)(H,18,20,21). The van der Waals surface area contributed by atoms with Crippen LogP contribution in [0.5, 0.6) is 0 Å². The third kappa shape index (κ3) is 4.16. The molecule has 1 amide bonds. The fraction of sp³-hybridized carbons (Fsp3) is 0.176. The number of amides is 1. The predicted octanol–water partition coefficient (Wildman–Crippen LogP) is 2.87. The molecule has 0 aliphatic heterocycles. The summed E-state index contributed by atoms with van der Waals surface area (Å²) in [6.07, 6.45) is 1.66. The van der Waals surface area contributed by atoms with Crippen molar-refractivity contribution in [2.45, 2.75) is 12.1 Å². The topological polar surface area (TPSA) is 97.0 Å². The van der Waals surface area contributed by atoms with Gasteiger partial charge in [-0.1, -0.05) is 23.9 Å². The molecule has 0 aliphatic carbocycles. The minimum Gasteiger partial charge on any atom is -0.462 e. The Balaban J connectivity index is 1.64. The molecule has 0 radical (unpaired) electrons. The van der Waals surface area contributed by atoms with E-state index in [9.17, 15) is 9.59 Å². The molecule has 3 aromatic rings. The second-order valence-corrected chi connectivity index (χ2v) is 5.98. The number of rotatable bonds is 6. The van der Waals surface area contributed by atoms with E-state index < -0.39 is 5.97 Å². The summed E-state index contributed by atoms with van der Waals surface area (Å²) < 4.78 is 5.00. The minimum atomic E-state index is -0.464. The van der Waals surface area contributed by atoms with Gasteiger partial charge in [0.25, 0.3) is 0 Å². The molecule has 2 N–H and O–H groups in total. The summed E-state index contributed by atoms with van der Waals surface area (Å²) in [4.78, 5) is 35.7. The summed E-state index contributed by atoms with van der Waals surface area (Å²) in [7, 11) is 0. The number of aromatic amines is 1. The van der Waals surface area contributed by atoms with E-state index in [1.807, 2.05) is 12.1 Å². The van der Waals surface area contributed by atoms with E-state index in [0.717, 1.165) is 5.52 Å². The van der Waals surface area contributed by atoms with Crippen LogP contribution in [0.4, 0.5) is 5.69 Å². The number of pyridine rings is 1. The number of hydrogen-bond donors (Lipinski definition) is 2. The van der Waals surface area contributed by atoms with E-state index in [0.29, 0.717) is 22.1 Å². The second kappa shape index (κ2) is 7.80. The van der Waals surface area contributed by atoms with Crippen molar-refractivity contribution in [3.8, 4) is 0 Å². The Bertz CT molecular complexity index is 877. The van der Waals surface area contributed by atoms with Gasteiger partial charge < -0.3 is 15.0 Å². The maximum Gasteiger partial charge on any atom is 0.340 e. The van der Waals surface area contributed by atoms with Gasteiger partial charge >= 0.3 is 5.97 Å². The molecule has 128 valence electrons. The molecule has 0 fully saturated rings. The summed E-state index contributed by atoms with van der Waals surface area (Å²) in [5, 5.41) is 3.35. The van der Waals surface area contributed by atoms with Gasteiger partial charge in [0.15, 0.2) is 10.8 Å². The van der Waals surface area contributed by atoms with Crippen LogP contribution in [0.15, 0.2) is 47.8 Å². The molecular formula is C17H16N4O3S. The van der Waals surface area contributed by atoms with Crippen LogP contribution in [0.25, 0.3) is 11.2 Å². The van der Waals surface area contributed by atoms with Gasteiger partial charge in [-0.25, -0.2) is 14.8 Å². The summed E-state index contributed by atoms with van der Waals surface area (Å²) in [5.41, 5.74) is 2.18. The first-order valence-corrected chi connectivity index (χ1v) is 8.65. The van der Waals surface area contributed by atoms with Crippen LogP contribution in [-0.4, -0.2) is 39.2 Å². The molecule has 0 bridgehead atoms. The zero-order valence-electron chi connectivity index (χ0n) is 13.5. The Hall–Kier alpha value is -2.87. The Morgan fingerprint density at radius 2 is 2.08 bits per heavy atom. The smallest absolute Gasteiger partial charge is 0.340 e. The number of thioether (sulfide) groups is 1. The van der Waals surface area contributed by atoms with E-state index in [1.165, 1.54) is 11.8 Å². The van der Waals surface area contributed by atoms with Crippen LogP contribution < -0.4 is 5.32 Å². The van der Waals surface area contributed by atoms with Gasteiger partial charge in [-0.2, -0.15) is 0 Å². The van der Waals surface area contributed by atoms with Gasteiger partial charge in [0.05, 0.1) is 29.1 Å². The van der Waals surface area contributed by atoms with Crippen LogP contribution in [0.1, 0.15) is 17.3 Å². The maximum atomic E-state index is 12.2. The van der Waals surface area contributed by atoms with E-state index in [1.54, 1.807) is 37.4 Å². The number of imidazole rings is 1. The number of nitrogens with zero attached hydrogens (tertiary/aromatic N) is 2. The van der Waals surface area contributed by atoms with E-state index in [4.69, 9.17) is 4.74 Å². The molecule has 0 saturated heterocycles. The molecule has 2 aromatic heterocycles. The zero-order valence-corrected chi connectivity index (χ0v) is 14.3. The first kappa shape index (κ1) is 17.0. The van der Waals surface area contributed by atoms with Crippen molar-refractivity contribution in [1.82, 2.24) is 15.0 Å². The van der Waals surface area contributed by atoms with Gasteiger partial charge in [0.2, 0.25) is 5.91 Å². The van der Waals surface area contributed by atoms with E-state index >= 15 is 0 Å². The Labute approximate surface area is 148 Å². The lowest BCUT2D eigenvalue weighted by Gasteiger charge is -2.09. The highest BCUT2D eigenvalue weighted by molar-refractivity contribution is 7.99. The number of nitrogens with one attached hydrogen (secondary N) is 2. The zero-order chi connectivity index (χ0) is 17.6. The van der Waals surface area contributed by atoms with Crippen molar-refractivity contribution in [1.29, 1.82) is 0 Å². The highest BCUT2D eigenvalue weighted by atomic mass is 32.2. The quantitative estimate of drug-likeness (QED) is 0.521. The SMILES string of the molecule is CCOC(=O)c1ccccc1NC(=O)CSc1nc2ncccc2[nH]1. The lowest BCUT2D eigenvalue weighted by Crippen LogP contribution is -2.17. The average Bonchev–Trinajstić information content (AvgIpc) is 3.03. The normalized spacial score (nSPS) is 10.6. The first-order valence-electron chi connectivity index (χ1n) is 7.67. The first-order chi connectivity index (χ1) is 12.2. The molecular weight excluding hydrogens is 340 g/mol. The Kier molecular flexibility index (Phi) is 5.30. The molecule has 0 unspecified atom stereocenters. The molecule has 7 nitrogen and oxygen atoms in total. The number of fused-ring (bicyclic) bond motifs is 1. The van der Waals surface area contributed by atoms with E-state index in [2.05, 4.69) is 20.3 Å². The minimum absolute atomic E-state index is 0.150. The van der Waals surface area contributed by atoms with Crippen LogP contribution in [0, 0.1) is 0 Å². The molecule has 3 rings (SSSR count). The molecule has 1 aromatic carbocycles. The molecule has 0 aliphatic rings. The van der Waals surface area contributed by atoms with Crippen molar-refractivity contribution >= 4 is 40.5 Å². The largest absolute Gasteiger partial charge is 0.462 e. The molecule has 25 heavy (non-hydrogen) atoms. The fourth-order valence-electron chi connectivity index (χ4n) is 2.19. The summed E-state index contributed by atoms with van der Waals surface area (Å²) >= 11 is 1.26. The lowest BCUT2D eigenvalue weighted by molar-refractivity contribution is -0.113. The van der Waals surface area contributed by atoms with Gasteiger partial charge in [0.1, 0.15) is 0 Å². The third-order valence-electron chi connectivity index (χ3n) is 3.27. The number of ether oxygens (including phenoxy) is 1. The van der Waals surface area contributed by atoms with E-state index in [-0.39, 0.29) is 18.3 Å². The fourth-order valence-corrected chi connectivity index (χ4v) is 2.86. The highest BCUT2D eigenvalue weighted by Crippen LogP contribution is 2.20. The van der Waals surface area contributed by atoms with Crippen LogP contribution >= 0.6 is 11.8 Å². The number of benzene rings is 1. The number of H-pyrrole nitrogens is 1. The number of hydrogen-bond acceptors (Lipinski definition) is 6. The molecule has 2 heterocycles. The molecule has 8 heteroatoms. The van der Waals surface area contributed by atoms with Crippen LogP contribution in [0.2, 0.25) is 0 Å². The van der Waals surface area contributed by atoms with Gasteiger partial charge in [-0.3, -0.25) is 4.79 Å². The number of para-hydroxylation sites is 1. The maximum absolute atomic E-state index is 12.2. The lowest BCUT2D eigenvalue weighted by atomic mass is 10.2. The third-order valence-corrected chi connectivity index (χ3v) is 4.15. The van der Waals surface area contributed by atoms with Gasteiger partial charge in [-0.05, 0) is 31.2 Å². The summed E-state index contributed by atoms with van der Waals surface area (Å²) in [5.74, 6) is -0.554. The van der Waals surface area contributed by atoms with Crippen molar-refractivity contribution in [2.75, 3.05) is 17.7 Å². The number of carbonyl (C=O) groups is 2. The van der Waals surface area contributed by atoms with Crippen LogP contribution in [0.3, 0.4) is 0 Å². The average molecular weight is 356 g/mol. The number of carbonyl (C=O) groups excluding carboxylic acids is 2. The monoisotopic (exact) mass is 356 g/mol.